The maximum absolute atomic E-state index is 12.8. The monoisotopic (exact) mass is 271 g/mol. The Kier molecular flexibility index (Phi) is 7.59. The van der Waals surface area contributed by atoms with Gasteiger partial charge in [0.05, 0.1) is 19.3 Å². The molecule has 0 bridgehead atoms. The minimum absolute atomic E-state index is 0.299. The molecule has 4 nitrogen and oxygen atoms in total. The fraction of sp³-hybridized carbons (Fsp3) is 0.571. The van der Waals surface area contributed by atoms with E-state index in [1.54, 1.807) is 26.4 Å². The average Bonchev–Trinajstić information content (AvgIpc) is 2.42. The minimum Gasteiger partial charge on any atom is -0.387 e. The summed E-state index contributed by atoms with van der Waals surface area (Å²) in [4.78, 5) is 2.06. The van der Waals surface area contributed by atoms with Gasteiger partial charge in [-0.1, -0.05) is 12.1 Å². The lowest BCUT2D eigenvalue weighted by molar-refractivity contribution is 0.0696. The van der Waals surface area contributed by atoms with Gasteiger partial charge in [0.15, 0.2) is 0 Å². The van der Waals surface area contributed by atoms with Gasteiger partial charge < -0.3 is 14.6 Å². The van der Waals surface area contributed by atoms with E-state index in [1.807, 2.05) is 0 Å². The van der Waals surface area contributed by atoms with E-state index in [-0.39, 0.29) is 5.82 Å². The Balaban J connectivity index is 2.53. The van der Waals surface area contributed by atoms with Gasteiger partial charge >= 0.3 is 0 Å². The number of halogens is 1. The van der Waals surface area contributed by atoms with Crippen molar-refractivity contribution in [1.29, 1.82) is 0 Å². The van der Waals surface area contributed by atoms with Gasteiger partial charge in [-0.2, -0.15) is 0 Å². The number of benzene rings is 1. The summed E-state index contributed by atoms with van der Waals surface area (Å²) < 4.78 is 22.9. The molecule has 1 rings (SSSR count). The average molecular weight is 271 g/mol. The number of aliphatic hydroxyl groups excluding tert-OH is 1. The highest BCUT2D eigenvalue weighted by Crippen LogP contribution is 2.14. The highest BCUT2D eigenvalue weighted by molar-refractivity contribution is 5.18. The molecule has 1 N–H and O–H groups in total. The van der Waals surface area contributed by atoms with Crippen LogP contribution in [0.3, 0.4) is 0 Å². The molecule has 0 aliphatic heterocycles. The van der Waals surface area contributed by atoms with Crippen LogP contribution in [0, 0.1) is 5.82 Å². The summed E-state index contributed by atoms with van der Waals surface area (Å²) in [6.07, 6.45) is -0.644. The molecule has 0 aliphatic rings. The Labute approximate surface area is 113 Å². The van der Waals surface area contributed by atoms with Crippen LogP contribution in [0.4, 0.5) is 4.39 Å². The number of hydrogen-bond acceptors (Lipinski definition) is 4. The van der Waals surface area contributed by atoms with Crippen molar-refractivity contribution in [2.75, 3.05) is 47.1 Å². The molecule has 0 amide bonds. The van der Waals surface area contributed by atoms with Crippen LogP contribution < -0.4 is 0 Å². The van der Waals surface area contributed by atoms with Gasteiger partial charge in [-0.3, -0.25) is 4.90 Å². The van der Waals surface area contributed by atoms with Crippen LogP contribution >= 0.6 is 0 Å². The van der Waals surface area contributed by atoms with E-state index in [0.29, 0.717) is 25.3 Å². The lowest BCUT2D eigenvalue weighted by atomic mass is 10.1. The molecule has 1 atom stereocenters. The first-order chi connectivity index (χ1) is 9.17. The summed E-state index contributed by atoms with van der Waals surface area (Å²) in [6.45, 7) is 3.11. The van der Waals surface area contributed by atoms with Gasteiger partial charge in [0.1, 0.15) is 5.82 Å². The Morgan fingerprint density at radius 1 is 1.11 bits per heavy atom. The Bertz CT molecular complexity index is 337. The zero-order chi connectivity index (χ0) is 14.1. The van der Waals surface area contributed by atoms with Crippen molar-refractivity contribution in [2.24, 2.45) is 0 Å². The van der Waals surface area contributed by atoms with Crippen LogP contribution in [-0.2, 0) is 9.47 Å². The van der Waals surface area contributed by atoms with E-state index in [4.69, 9.17) is 9.47 Å². The number of methoxy groups -OCH3 is 2. The van der Waals surface area contributed by atoms with Crippen LogP contribution in [0.25, 0.3) is 0 Å². The lowest BCUT2D eigenvalue weighted by Crippen LogP contribution is -2.34. The van der Waals surface area contributed by atoms with Crippen molar-refractivity contribution >= 4 is 0 Å². The van der Waals surface area contributed by atoms with Crippen molar-refractivity contribution in [3.63, 3.8) is 0 Å². The van der Waals surface area contributed by atoms with E-state index in [0.717, 1.165) is 13.1 Å². The first-order valence-corrected chi connectivity index (χ1v) is 6.31. The first-order valence-electron chi connectivity index (χ1n) is 6.31. The van der Waals surface area contributed by atoms with Gasteiger partial charge in [0.25, 0.3) is 0 Å². The molecule has 19 heavy (non-hydrogen) atoms. The maximum Gasteiger partial charge on any atom is 0.123 e. The number of aliphatic hydroxyl groups is 1. The minimum atomic E-state index is -0.644. The first kappa shape index (κ1) is 16.0. The summed E-state index contributed by atoms with van der Waals surface area (Å²) >= 11 is 0. The van der Waals surface area contributed by atoms with Gasteiger partial charge in [-0.15, -0.1) is 0 Å². The van der Waals surface area contributed by atoms with E-state index in [1.165, 1.54) is 12.1 Å². The highest BCUT2D eigenvalue weighted by Gasteiger charge is 2.13. The van der Waals surface area contributed by atoms with Gasteiger partial charge in [0, 0.05) is 33.9 Å². The van der Waals surface area contributed by atoms with Crippen molar-refractivity contribution in [3.05, 3.63) is 35.6 Å². The zero-order valence-corrected chi connectivity index (χ0v) is 11.5. The van der Waals surface area contributed by atoms with E-state index in [9.17, 15) is 9.50 Å². The molecule has 0 fully saturated rings. The Hall–Kier alpha value is -1.01. The third kappa shape index (κ3) is 6.11. The van der Waals surface area contributed by atoms with E-state index < -0.39 is 6.10 Å². The number of ether oxygens (including phenoxy) is 2. The van der Waals surface area contributed by atoms with Crippen LogP contribution in [-0.4, -0.2) is 57.1 Å². The van der Waals surface area contributed by atoms with Gasteiger partial charge in [0.2, 0.25) is 0 Å². The van der Waals surface area contributed by atoms with Crippen LogP contribution in [0.2, 0.25) is 0 Å². The molecular formula is C14H22FNO3. The second-order valence-corrected chi connectivity index (χ2v) is 4.35. The molecule has 0 heterocycles. The van der Waals surface area contributed by atoms with E-state index in [2.05, 4.69) is 4.90 Å². The summed E-state index contributed by atoms with van der Waals surface area (Å²) in [5, 5.41) is 10.1. The van der Waals surface area contributed by atoms with Crippen LogP contribution in [0.15, 0.2) is 24.3 Å². The summed E-state index contributed by atoms with van der Waals surface area (Å²) in [5.74, 6) is -0.299. The molecule has 0 saturated heterocycles. The quantitative estimate of drug-likeness (QED) is 0.738. The fourth-order valence-corrected chi connectivity index (χ4v) is 1.77. The second-order valence-electron chi connectivity index (χ2n) is 4.35. The lowest BCUT2D eigenvalue weighted by Gasteiger charge is -2.24. The molecular weight excluding hydrogens is 249 g/mol. The van der Waals surface area contributed by atoms with Crippen molar-refractivity contribution in [2.45, 2.75) is 6.10 Å². The second kappa shape index (κ2) is 8.98. The molecule has 0 aliphatic carbocycles. The molecule has 1 aromatic carbocycles. The number of nitrogens with zero attached hydrogens (tertiary/aromatic N) is 1. The Morgan fingerprint density at radius 3 is 2.11 bits per heavy atom. The summed E-state index contributed by atoms with van der Waals surface area (Å²) in [7, 11) is 3.29. The van der Waals surface area contributed by atoms with Gasteiger partial charge in [-0.25, -0.2) is 4.39 Å². The largest absolute Gasteiger partial charge is 0.387 e. The molecule has 0 aromatic heterocycles. The standard InChI is InChI=1S/C14H22FNO3/c1-18-9-7-16(8-10-19-2)11-14(17)12-3-5-13(15)6-4-12/h3-6,14,17H,7-11H2,1-2H3. The smallest absolute Gasteiger partial charge is 0.123 e. The fourth-order valence-electron chi connectivity index (χ4n) is 1.77. The molecule has 5 heteroatoms. The summed E-state index contributed by atoms with van der Waals surface area (Å²) in [5.41, 5.74) is 0.709. The molecule has 108 valence electrons. The third-order valence-electron chi connectivity index (χ3n) is 2.91. The predicted molar refractivity (Wildman–Crippen MR) is 71.6 cm³/mol. The molecule has 1 unspecified atom stereocenters. The molecule has 0 saturated carbocycles. The molecule has 0 spiro atoms. The molecule has 0 radical (unpaired) electrons. The zero-order valence-electron chi connectivity index (χ0n) is 11.5. The summed E-state index contributed by atoms with van der Waals surface area (Å²) in [6, 6.07) is 5.91. The van der Waals surface area contributed by atoms with Crippen LogP contribution in [0.5, 0.6) is 0 Å². The van der Waals surface area contributed by atoms with Crippen molar-refractivity contribution < 1.29 is 19.0 Å². The van der Waals surface area contributed by atoms with Crippen molar-refractivity contribution in [3.8, 4) is 0 Å². The topological polar surface area (TPSA) is 41.9 Å². The van der Waals surface area contributed by atoms with Crippen LogP contribution in [0.1, 0.15) is 11.7 Å². The SMILES string of the molecule is COCCN(CCOC)CC(O)c1ccc(F)cc1. The Morgan fingerprint density at radius 2 is 1.63 bits per heavy atom. The predicted octanol–water partition coefficient (Wildman–Crippen LogP) is 1.45. The number of rotatable bonds is 9. The third-order valence-corrected chi connectivity index (χ3v) is 2.91. The number of hydrogen-bond donors (Lipinski definition) is 1. The van der Waals surface area contributed by atoms with Gasteiger partial charge in [-0.05, 0) is 17.7 Å². The van der Waals surface area contributed by atoms with Crippen molar-refractivity contribution in [1.82, 2.24) is 4.90 Å². The highest BCUT2D eigenvalue weighted by atomic mass is 19.1. The normalized spacial score (nSPS) is 12.9. The maximum atomic E-state index is 12.8. The molecule has 1 aromatic rings. The van der Waals surface area contributed by atoms with E-state index >= 15 is 0 Å².